The van der Waals surface area contributed by atoms with Crippen molar-refractivity contribution in [3.63, 3.8) is 0 Å². The van der Waals surface area contributed by atoms with Crippen molar-refractivity contribution in [3.05, 3.63) is 29.8 Å². The minimum Gasteiger partial charge on any atom is -0.371 e. The van der Waals surface area contributed by atoms with Crippen LogP contribution >= 0.6 is 0 Å². The molecule has 9 heteroatoms. The third kappa shape index (κ3) is 2.45. The molecule has 0 spiro atoms. The van der Waals surface area contributed by atoms with Crippen molar-refractivity contribution in [2.24, 2.45) is 10.2 Å². The van der Waals surface area contributed by atoms with Crippen LogP contribution in [0.4, 0.5) is 21.8 Å². The van der Waals surface area contributed by atoms with Gasteiger partial charge in [0.05, 0.1) is 23.1 Å². The molecule has 3 aromatic heterocycles. The molecular weight excluding hydrogens is 299 g/mol. The predicted octanol–water partition coefficient (Wildman–Crippen LogP) is 2.58. The van der Waals surface area contributed by atoms with E-state index < -0.39 is 5.82 Å². The fourth-order valence-corrected chi connectivity index (χ4v) is 2.39. The predicted molar refractivity (Wildman–Crippen MR) is 85.3 cm³/mol. The van der Waals surface area contributed by atoms with Gasteiger partial charge >= 0.3 is 0 Å². The second kappa shape index (κ2) is 5.59. The molecule has 0 aromatic carbocycles. The number of azo groups is 1. The summed E-state index contributed by atoms with van der Waals surface area (Å²) in [6.45, 7) is 1.79. The maximum absolute atomic E-state index is 14.5. The van der Waals surface area contributed by atoms with E-state index >= 15 is 0 Å². The zero-order valence-corrected chi connectivity index (χ0v) is 12.9. The SMILES string of the molecule is CN=Nc1ccc(-c2c(F)cn3nc(N)nc(NC)c23)nc1C. The lowest BCUT2D eigenvalue weighted by Gasteiger charge is -2.07. The second-order valence-electron chi connectivity index (χ2n) is 4.81. The lowest BCUT2D eigenvalue weighted by molar-refractivity contribution is 0.628. The number of halogens is 1. The van der Waals surface area contributed by atoms with Crippen LogP contribution in [0.2, 0.25) is 0 Å². The van der Waals surface area contributed by atoms with Crippen molar-refractivity contribution in [3.8, 4) is 11.3 Å². The maximum atomic E-state index is 14.5. The highest BCUT2D eigenvalue weighted by atomic mass is 19.1. The average molecular weight is 314 g/mol. The molecule has 0 aliphatic heterocycles. The summed E-state index contributed by atoms with van der Waals surface area (Å²) in [7, 11) is 3.26. The zero-order chi connectivity index (χ0) is 16.6. The molecule has 23 heavy (non-hydrogen) atoms. The Morgan fingerprint density at radius 3 is 2.74 bits per heavy atom. The van der Waals surface area contributed by atoms with Gasteiger partial charge in [-0.3, -0.25) is 4.98 Å². The second-order valence-corrected chi connectivity index (χ2v) is 4.81. The molecule has 3 rings (SSSR count). The molecule has 0 radical (unpaired) electrons. The topological polar surface area (TPSA) is 106 Å². The first-order valence-electron chi connectivity index (χ1n) is 6.85. The number of nitrogen functional groups attached to an aromatic ring is 1. The summed E-state index contributed by atoms with van der Waals surface area (Å²) in [5.74, 6) is 0.0117. The number of nitrogens with two attached hydrogens (primary N) is 1. The van der Waals surface area contributed by atoms with Gasteiger partial charge in [0.1, 0.15) is 11.2 Å². The Balaban J connectivity index is 2.28. The first-order chi connectivity index (χ1) is 11.0. The van der Waals surface area contributed by atoms with Crippen molar-refractivity contribution in [1.82, 2.24) is 19.6 Å². The van der Waals surface area contributed by atoms with Gasteiger partial charge in [-0.1, -0.05) is 0 Å². The molecule has 0 bridgehead atoms. The number of pyridine rings is 1. The van der Waals surface area contributed by atoms with Gasteiger partial charge < -0.3 is 11.1 Å². The van der Waals surface area contributed by atoms with E-state index in [1.807, 2.05) is 0 Å². The van der Waals surface area contributed by atoms with E-state index in [1.165, 1.54) is 10.7 Å². The minimum absolute atomic E-state index is 0.0474. The summed E-state index contributed by atoms with van der Waals surface area (Å²) in [6.07, 6.45) is 1.25. The fourth-order valence-electron chi connectivity index (χ4n) is 2.39. The molecule has 8 nitrogen and oxygen atoms in total. The first kappa shape index (κ1) is 14.8. The Morgan fingerprint density at radius 1 is 1.30 bits per heavy atom. The number of anilines is 2. The van der Waals surface area contributed by atoms with Crippen LogP contribution in [-0.4, -0.2) is 33.7 Å². The van der Waals surface area contributed by atoms with Gasteiger partial charge in [-0.15, -0.1) is 5.10 Å². The van der Waals surface area contributed by atoms with Crippen LogP contribution in [0, 0.1) is 12.7 Å². The molecule has 118 valence electrons. The summed E-state index contributed by atoms with van der Waals surface area (Å²) in [5.41, 5.74) is 8.15. The van der Waals surface area contributed by atoms with Crippen LogP contribution in [0.3, 0.4) is 0 Å². The Labute approximate surface area is 131 Å². The van der Waals surface area contributed by atoms with Crippen LogP contribution in [-0.2, 0) is 0 Å². The molecule has 0 unspecified atom stereocenters. The van der Waals surface area contributed by atoms with Crippen LogP contribution in [0.5, 0.6) is 0 Å². The van der Waals surface area contributed by atoms with Gasteiger partial charge in [0.15, 0.2) is 11.6 Å². The van der Waals surface area contributed by atoms with Gasteiger partial charge in [0.2, 0.25) is 5.95 Å². The van der Waals surface area contributed by atoms with E-state index in [0.29, 0.717) is 34.0 Å². The maximum Gasteiger partial charge on any atom is 0.240 e. The molecular formula is C14H15FN8. The van der Waals surface area contributed by atoms with Crippen molar-refractivity contribution in [2.45, 2.75) is 6.92 Å². The lowest BCUT2D eigenvalue weighted by atomic mass is 10.1. The molecule has 3 N–H and O–H groups in total. The molecule has 3 aromatic rings. The number of hydrogen-bond donors (Lipinski definition) is 2. The number of nitrogens with zero attached hydrogens (tertiary/aromatic N) is 6. The molecule has 0 atom stereocenters. The Morgan fingerprint density at radius 2 is 2.09 bits per heavy atom. The van der Waals surface area contributed by atoms with Crippen molar-refractivity contribution in [2.75, 3.05) is 25.1 Å². The van der Waals surface area contributed by atoms with E-state index in [4.69, 9.17) is 5.73 Å². The van der Waals surface area contributed by atoms with Gasteiger partial charge in [-0.05, 0) is 19.1 Å². The summed E-state index contributed by atoms with van der Waals surface area (Å²) in [6, 6.07) is 3.43. The molecule has 3 heterocycles. The smallest absolute Gasteiger partial charge is 0.240 e. The van der Waals surface area contributed by atoms with Gasteiger partial charge in [0.25, 0.3) is 0 Å². The Kier molecular flexibility index (Phi) is 3.61. The molecule has 0 fully saturated rings. The van der Waals surface area contributed by atoms with E-state index in [9.17, 15) is 4.39 Å². The Hall–Kier alpha value is -3.10. The molecule has 0 amide bonds. The van der Waals surface area contributed by atoms with Gasteiger partial charge in [0, 0.05) is 14.1 Å². The van der Waals surface area contributed by atoms with E-state index in [0.717, 1.165) is 0 Å². The fraction of sp³-hybridized carbons (Fsp3) is 0.214. The zero-order valence-electron chi connectivity index (χ0n) is 12.9. The number of rotatable bonds is 3. The highest BCUT2D eigenvalue weighted by Crippen LogP contribution is 2.33. The van der Waals surface area contributed by atoms with Crippen LogP contribution < -0.4 is 11.1 Å². The third-order valence-electron chi connectivity index (χ3n) is 3.36. The van der Waals surface area contributed by atoms with Crippen molar-refractivity contribution in [1.29, 1.82) is 0 Å². The summed E-state index contributed by atoms with van der Waals surface area (Å²) < 4.78 is 15.8. The Bertz CT molecular complexity index is 915. The molecule has 0 saturated heterocycles. The summed E-state index contributed by atoms with van der Waals surface area (Å²) in [5, 5.41) is 14.6. The summed E-state index contributed by atoms with van der Waals surface area (Å²) in [4.78, 5) is 8.52. The quantitative estimate of drug-likeness (QED) is 0.723. The lowest BCUT2D eigenvalue weighted by Crippen LogP contribution is -2.05. The van der Waals surface area contributed by atoms with Crippen LogP contribution in [0.25, 0.3) is 16.8 Å². The molecule has 0 saturated carbocycles. The monoisotopic (exact) mass is 314 g/mol. The first-order valence-corrected chi connectivity index (χ1v) is 6.85. The van der Waals surface area contributed by atoms with Crippen LogP contribution in [0.15, 0.2) is 28.6 Å². The number of aryl methyl sites for hydroxylation is 1. The standard InChI is InChI=1S/C14H15FN8/c1-7-9(21-18-3)4-5-10(19-7)11-8(15)6-23-12(11)13(17-2)20-14(16)22-23/h4-6H,1-3H3,(H3,16,17,20,22). The number of nitrogens with one attached hydrogen (secondary N) is 1. The van der Waals surface area contributed by atoms with Gasteiger partial charge in [-0.25, -0.2) is 8.91 Å². The highest BCUT2D eigenvalue weighted by molar-refractivity contribution is 5.88. The van der Waals surface area contributed by atoms with Crippen LogP contribution in [0.1, 0.15) is 5.69 Å². The number of fused-ring (bicyclic) bond motifs is 1. The minimum atomic E-state index is -0.460. The average Bonchev–Trinajstić information content (AvgIpc) is 2.84. The molecule has 0 aliphatic carbocycles. The number of hydrogen-bond acceptors (Lipinski definition) is 7. The van der Waals surface area contributed by atoms with Crippen molar-refractivity contribution < 1.29 is 4.39 Å². The summed E-state index contributed by atoms with van der Waals surface area (Å²) >= 11 is 0. The van der Waals surface area contributed by atoms with Gasteiger partial charge in [-0.2, -0.15) is 15.2 Å². The van der Waals surface area contributed by atoms with Crippen molar-refractivity contribution >= 4 is 23.0 Å². The normalized spacial score (nSPS) is 11.5. The largest absolute Gasteiger partial charge is 0.371 e. The van der Waals surface area contributed by atoms with E-state index in [-0.39, 0.29) is 5.95 Å². The van der Waals surface area contributed by atoms with E-state index in [2.05, 4.69) is 30.6 Å². The van der Waals surface area contributed by atoms with E-state index in [1.54, 1.807) is 33.2 Å². The molecule has 0 aliphatic rings. The number of aromatic nitrogens is 4. The highest BCUT2D eigenvalue weighted by Gasteiger charge is 2.20. The third-order valence-corrected chi connectivity index (χ3v) is 3.36.